The molecule has 0 aliphatic carbocycles. The van der Waals surface area contributed by atoms with Gasteiger partial charge in [0.05, 0.1) is 12.0 Å². The standard InChI is InChI=1S/C19H19Cl2NO4S/c1-2-25-17-7-11(18-22-15(10-27-18)19(23)24)4-6-16(17)26-9-12-3-5-13(20)8-14(12)21/h3-8,15,18,22H,2,9-10H2,1H3,(H,23,24). The summed E-state index contributed by atoms with van der Waals surface area (Å²) in [7, 11) is 0. The highest BCUT2D eigenvalue weighted by atomic mass is 35.5. The molecular weight excluding hydrogens is 409 g/mol. The molecule has 144 valence electrons. The third-order valence-electron chi connectivity index (χ3n) is 4.05. The SMILES string of the molecule is CCOc1cc(C2NC(C(=O)O)CS2)ccc1OCc1ccc(Cl)cc1Cl. The summed E-state index contributed by atoms with van der Waals surface area (Å²) in [5.41, 5.74) is 1.77. The number of carboxylic acid groups (broad SMARTS) is 1. The summed E-state index contributed by atoms with van der Waals surface area (Å²) >= 11 is 13.7. The Morgan fingerprint density at radius 1 is 1.22 bits per heavy atom. The second kappa shape index (κ2) is 9.06. The largest absolute Gasteiger partial charge is 0.490 e. The van der Waals surface area contributed by atoms with Crippen LogP contribution in [0.15, 0.2) is 36.4 Å². The van der Waals surface area contributed by atoms with E-state index in [9.17, 15) is 4.79 Å². The van der Waals surface area contributed by atoms with Crippen LogP contribution in [-0.2, 0) is 11.4 Å². The van der Waals surface area contributed by atoms with Crippen LogP contribution < -0.4 is 14.8 Å². The van der Waals surface area contributed by atoms with E-state index in [0.29, 0.717) is 33.9 Å². The van der Waals surface area contributed by atoms with Crippen molar-refractivity contribution in [3.63, 3.8) is 0 Å². The lowest BCUT2D eigenvalue weighted by atomic mass is 10.2. The predicted molar refractivity (Wildman–Crippen MR) is 108 cm³/mol. The average molecular weight is 428 g/mol. The van der Waals surface area contributed by atoms with E-state index in [1.165, 1.54) is 0 Å². The molecule has 2 unspecified atom stereocenters. The lowest BCUT2D eigenvalue weighted by molar-refractivity contribution is -0.138. The summed E-state index contributed by atoms with van der Waals surface area (Å²) in [5, 5.41) is 13.3. The van der Waals surface area contributed by atoms with Crippen LogP contribution >= 0.6 is 35.0 Å². The van der Waals surface area contributed by atoms with Gasteiger partial charge in [0.15, 0.2) is 11.5 Å². The van der Waals surface area contributed by atoms with Gasteiger partial charge in [-0.2, -0.15) is 0 Å². The van der Waals surface area contributed by atoms with Gasteiger partial charge in [0, 0.05) is 21.4 Å². The summed E-state index contributed by atoms with van der Waals surface area (Å²) < 4.78 is 11.6. The number of carboxylic acids is 1. The highest BCUT2D eigenvalue weighted by Gasteiger charge is 2.30. The number of nitrogens with one attached hydrogen (secondary N) is 1. The van der Waals surface area contributed by atoms with E-state index < -0.39 is 12.0 Å². The van der Waals surface area contributed by atoms with Gasteiger partial charge in [0.1, 0.15) is 12.6 Å². The first-order valence-electron chi connectivity index (χ1n) is 8.42. The Hall–Kier alpha value is -1.60. The fourth-order valence-electron chi connectivity index (χ4n) is 2.68. The summed E-state index contributed by atoms with van der Waals surface area (Å²) in [4.78, 5) is 11.1. The van der Waals surface area contributed by atoms with Crippen LogP contribution in [-0.4, -0.2) is 29.5 Å². The van der Waals surface area contributed by atoms with Crippen molar-refractivity contribution in [1.29, 1.82) is 0 Å². The third-order valence-corrected chi connectivity index (χ3v) is 5.90. The van der Waals surface area contributed by atoms with Crippen LogP contribution in [0.1, 0.15) is 23.4 Å². The molecule has 8 heteroatoms. The Morgan fingerprint density at radius 2 is 2.04 bits per heavy atom. The molecule has 1 aliphatic heterocycles. The first-order valence-corrected chi connectivity index (χ1v) is 10.2. The molecule has 2 aromatic rings. The van der Waals surface area contributed by atoms with Gasteiger partial charge >= 0.3 is 5.97 Å². The number of hydrogen-bond donors (Lipinski definition) is 2. The van der Waals surface area contributed by atoms with Crippen molar-refractivity contribution in [3.05, 3.63) is 57.6 Å². The topological polar surface area (TPSA) is 67.8 Å². The van der Waals surface area contributed by atoms with Crippen LogP contribution in [0, 0.1) is 0 Å². The Balaban J connectivity index is 1.74. The van der Waals surface area contributed by atoms with Crippen molar-refractivity contribution < 1.29 is 19.4 Å². The molecule has 1 aliphatic rings. The molecule has 5 nitrogen and oxygen atoms in total. The van der Waals surface area contributed by atoms with E-state index in [1.54, 1.807) is 23.9 Å². The molecule has 1 saturated heterocycles. The minimum absolute atomic E-state index is 0.0925. The van der Waals surface area contributed by atoms with Crippen LogP contribution in [0.3, 0.4) is 0 Å². The molecule has 3 rings (SSSR count). The second-order valence-electron chi connectivity index (χ2n) is 5.93. The molecule has 2 aromatic carbocycles. The van der Waals surface area contributed by atoms with Gasteiger partial charge in [-0.05, 0) is 36.8 Å². The number of benzene rings is 2. The smallest absolute Gasteiger partial charge is 0.321 e. The van der Waals surface area contributed by atoms with E-state index >= 15 is 0 Å². The first-order chi connectivity index (χ1) is 13.0. The molecule has 1 fully saturated rings. The van der Waals surface area contributed by atoms with E-state index in [2.05, 4.69) is 5.32 Å². The highest BCUT2D eigenvalue weighted by Crippen LogP contribution is 2.38. The van der Waals surface area contributed by atoms with Gasteiger partial charge in [0.2, 0.25) is 0 Å². The Kier molecular flexibility index (Phi) is 6.76. The zero-order valence-corrected chi connectivity index (χ0v) is 16.9. The summed E-state index contributed by atoms with van der Waals surface area (Å²) in [6, 6.07) is 10.4. The highest BCUT2D eigenvalue weighted by molar-refractivity contribution is 7.99. The Labute approximate surface area is 171 Å². The minimum Gasteiger partial charge on any atom is -0.490 e. The fraction of sp³-hybridized carbons (Fsp3) is 0.316. The van der Waals surface area contributed by atoms with E-state index in [-0.39, 0.29) is 12.0 Å². The molecule has 2 N–H and O–H groups in total. The quantitative estimate of drug-likeness (QED) is 0.663. The van der Waals surface area contributed by atoms with E-state index in [0.717, 1.165) is 11.1 Å². The minimum atomic E-state index is -0.838. The van der Waals surface area contributed by atoms with Crippen molar-refractivity contribution in [2.24, 2.45) is 0 Å². The number of carbonyl (C=O) groups is 1. The lowest BCUT2D eigenvalue weighted by Crippen LogP contribution is -2.33. The number of aliphatic carboxylic acids is 1. The Bertz CT molecular complexity index is 833. The van der Waals surface area contributed by atoms with Gasteiger partial charge in [0.25, 0.3) is 0 Å². The zero-order valence-electron chi connectivity index (χ0n) is 14.6. The number of ether oxygens (including phenoxy) is 2. The van der Waals surface area contributed by atoms with Crippen molar-refractivity contribution >= 4 is 40.9 Å². The molecule has 27 heavy (non-hydrogen) atoms. The van der Waals surface area contributed by atoms with Gasteiger partial charge in [-0.25, -0.2) is 0 Å². The summed E-state index contributed by atoms with van der Waals surface area (Å²) in [6.07, 6.45) is 0. The number of halogens is 2. The number of thioether (sulfide) groups is 1. The van der Waals surface area contributed by atoms with Crippen LogP contribution in [0.5, 0.6) is 11.5 Å². The fourth-order valence-corrected chi connectivity index (χ4v) is 4.36. The van der Waals surface area contributed by atoms with Crippen molar-refractivity contribution in [3.8, 4) is 11.5 Å². The summed E-state index contributed by atoms with van der Waals surface area (Å²) in [5.74, 6) is 0.901. The molecule has 0 amide bonds. The molecule has 0 spiro atoms. The molecular formula is C19H19Cl2NO4S. The van der Waals surface area contributed by atoms with Crippen LogP contribution in [0.25, 0.3) is 0 Å². The molecule has 2 atom stereocenters. The number of hydrogen-bond acceptors (Lipinski definition) is 5. The monoisotopic (exact) mass is 427 g/mol. The second-order valence-corrected chi connectivity index (χ2v) is 7.92. The molecule has 0 aromatic heterocycles. The predicted octanol–water partition coefficient (Wildman–Crippen LogP) is 4.76. The first kappa shape index (κ1) is 20.1. The van der Waals surface area contributed by atoms with Gasteiger partial charge in [-0.1, -0.05) is 35.3 Å². The van der Waals surface area contributed by atoms with E-state index in [1.807, 2.05) is 31.2 Å². The molecule has 0 saturated carbocycles. The maximum absolute atomic E-state index is 11.1. The maximum atomic E-state index is 11.1. The number of rotatable bonds is 7. The normalized spacial score (nSPS) is 19.1. The Morgan fingerprint density at radius 3 is 2.70 bits per heavy atom. The van der Waals surface area contributed by atoms with Crippen molar-refractivity contribution in [2.75, 3.05) is 12.4 Å². The van der Waals surface area contributed by atoms with Gasteiger partial charge < -0.3 is 14.6 Å². The summed E-state index contributed by atoms with van der Waals surface area (Å²) in [6.45, 7) is 2.67. The van der Waals surface area contributed by atoms with Crippen molar-refractivity contribution in [1.82, 2.24) is 5.32 Å². The lowest BCUT2D eigenvalue weighted by Gasteiger charge is -2.17. The third kappa shape index (κ3) is 5.02. The maximum Gasteiger partial charge on any atom is 0.321 e. The van der Waals surface area contributed by atoms with Crippen LogP contribution in [0.4, 0.5) is 0 Å². The molecule has 0 bridgehead atoms. The van der Waals surface area contributed by atoms with Gasteiger partial charge in [-0.3, -0.25) is 10.1 Å². The average Bonchev–Trinajstić information content (AvgIpc) is 3.12. The zero-order chi connectivity index (χ0) is 19.4. The molecule has 0 radical (unpaired) electrons. The molecule has 1 heterocycles. The van der Waals surface area contributed by atoms with E-state index in [4.69, 9.17) is 37.8 Å². The van der Waals surface area contributed by atoms with Crippen LogP contribution in [0.2, 0.25) is 10.0 Å². The van der Waals surface area contributed by atoms with Crippen molar-refractivity contribution in [2.45, 2.75) is 24.9 Å². The van der Waals surface area contributed by atoms with Gasteiger partial charge in [-0.15, -0.1) is 11.8 Å².